The Kier molecular flexibility index (Phi) is 11.0. The summed E-state index contributed by atoms with van der Waals surface area (Å²) in [5, 5.41) is 13.0. The molecule has 1 amide bonds. The fourth-order valence-corrected chi connectivity index (χ4v) is 6.33. The van der Waals surface area contributed by atoms with E-state index in [-0.39, 0.29) is 12.3 Å². The molecule has 0 radical (unpaired) electrons. The Bertz CT molecular complexity index is 1420. The summed E-state index contributed by atoms with van der Waals surface area (Å²) in [5.74, 6) is 1.98. The average molecular weight is 641 g/mol. The number of carboxylic acids is 1. The molecule has 44 heavy (non-hydrogen) atoms. The fourth-order valence-electron chi connectivity index (χ4n) is 5.80. The smallest absolute Gasteiger partial charge is 0.304 e. The highest BCUT2D eigenvalue weighted by Crippen LogP contribution is 2.33. The van der Waals surface area contributed by atoms with Gasteiger partial charge in [0.15, 0.2) is 0 Å². The number of carboxylic acid groups (broad SMARTS) is 1. The summed E-state index contributed by atoms with van der Waals surface area (Å²) in [5.41, 5.74) is 3.01. The molecule has 0 unspecified atom stereocenters. The first kappa shape index (κ1) is 32.0. The summed E-state index contributed by atoms with van der Waals surface area (Å²) < 4.78 is 6.35. The van der Waals surface area contributed by atoms with E-state index in [4.69, 9.17) is 33.0 Å². The van der Waals surface area contributed by atoms with E-state index in [0.29, 0.717) is 34.0 Å². The van der Waals surface area contributed by atoms with Gasteiger partial charge in [-0.25, -0.2) is 4.98 Å². The van der Waals surface area contributed by atoms with Gasteiger partial charge in [-0.05, 0) is 97.1 Å². The summed E-state index contributed by atoms with van der Waals surface area (Å²) in [4.78, 5) is 33.7. The third-order valence-electron chi connectivity index (χ3n) is 8.21. The highest BCUT2D eigenvalue weighted by molar-refractivity contribution is 6.35. The number of anilines is 1. The molecule has 1 aromatic heterocycles. The van der Waals surface area contributed by atoms with E-state index in [2.05, 4.69) is 37.1 Å². The summed E-state index contributed by atoms with van der Waals surface area (Å²) in [6, 6.07) is 15.7. The molecule has 2 N–H and O–H groups in total. The molecular weight excluding hydrogens is 601 g/mol. The van der Waals surface area contributed by atoms with Crippen LogP contribution in [0.1, 0.15) is 31.7 Å². The predicted molar refractivity (Wildman–Crippen MR) is 174 cm³/mol. The van der Waals surface area contributed by atoms with Crippen molar-refractivity contribution in [3.8, 4) is 22.6 Å². The van der Waals surface area contributed by atoms with Crippen LogP contribution in [0.5, 0.6) is 11.5 Å². The SMILES string of the molecule is CC(=O)NCC1CCN(Cc2cc(Oc3ccc(N4CCN(CCC(=O)O)CC4)nc3)cc(-c3cc(Cl)cc(Cl)c3)c2)CC1. The lowest BCUT2D eigenvalue weighted by Gasteiger charge is -2.35. The maximum atomic E-state index is 11.3. The van der Waals surface area contributed by atoms with Crippen LogP contribution in [0.2, 0.25) is 10.0 Å². The first-order valence-corrected chi connectivity index (χ1v) is 15.9. The number of hydrogen-bond donors (Lipinski definition) is 2. The topological polar surface area (TPSA) is 98.2 Å². The Balaban J connectivity index is 1.27. The molecule has 2 fully saturated rings. The van der Waals surface area contributed by atoms with Gasteiger partial charge in [0.1, 0.15) is 17.3 Å². The monoisotopic (exact) mass is 639 g/mol. The third-order valence-corrected chi connectivity index (χ3v) is 8.65. The average Bonchev–Trinajstić information content (AvgIpc) is 3.00. The van der Waals surface area contributed by atoms with Gasteiger partial charge < -0.3 is 20.1 Å². The van der Waals surface area contributed by atoms with E-state index >= 15 is 0 Å². The Morgan fingerprint density at radius 3 is 2.25 bits per heavy atom. The number of carbonyl (C=O) groups is 2. The number of likely N-dealkylation sites (tertiary alicyclic amines) is 1. The Morgan fingerprint density at radius 1 is 0.909 bits per heavy atom. The van der Waals surface area contributed by atoms with Crippen LogP contribution in [0.25, 0.3) is 11.1 Å². The number of aliphatic carboxylic acids is 1. The summed E-state index contributed by atoms with van der Waals surface area (Å²) in [7, 11) is 0. The lowest BCUT2D eigenvalue weighted by Crippen LogP contribution is -2.47. The number of halogens is 2. The van der Waals surface area contributed by atoms with Crippen molar-refractivity contribution in [2.24, 2.45) is 5.92 Å². The number of nitrogens with one attached hydrogen (secondary N) is 1. The van der Waals surface area contributed by atoms with Crippen LogP contribution in [-0.4, -0.2) is 84.1 Å². The number of ether oxygens (including phenoxy) is 1. The van der Waals surface area contributed by atoms with E-state index < -0.39 is 5.97 Å². The summed E-state index contributed by atoms with van der Waals surface area (Å²) in [6.07, 6.45) is 4.00. The molecule has 11 heteroatoms. The van der Waals surface area contributed by atoms with Crippen molar-refractivity contribution in [1.29, 1.82) is 0 Å². The maximum Gasteiger partial charge on any atom is 0.304 e. The van der Waals surface area contributed by atoms with Crippen LogP contribution in [0.3, 0.4) is 0 Å². The van der Waals surface area contributed by atoms with E-state index in [9.17, 15) is 9.59 Å². The van der Waals surface area contributed by atoms with Gasteiger partial charge in [-0.1, -0.05) is 23.2 Å². The first-order chi connectivity index (χ1) is 21.2. The van der Waals surface area contributed by atoms with Gasteiger partial charge in [0.05, 0.1) is 12.6 Å². The molecular formula is C33H39Cl2N5O4. The van der Waals surface area contributed by atoms with E-state index in [1.54, 1.807) is 19.2 Å². The highest BCUT2D eigenvalue weighted by Gasteiger charge is 2.21. The lowest BCUT2D eigenvalue weighted by molar-refractivity contribution is -0.137. The van der Waals surface area contributed by atoms with E-state index in [1.165, 1.54) is 0 Å². The van der Waals surface area contributed by atoms with Crippen LogP contribution in [0.15, 0.2) is 54.7 Å². The van der Waals surface area contributed by atoms with Gasteiger partial charge >= 0.3 is 5.97 Å². The van der Waals surface area contributed by atoms with Crippen molar-refractivity contribution < 1.29 is 19.4 Å². The van der Waals surface area contributed by atoms with E-state index in [0.717, 1.165) is 87.7 Å². The van der Waals surface area contributed by atoms with Crippen molar-refractivity contribution in [3.05, 3.63) is 70.3 Å². The van der Waals surface area contributed by atoms with Gasteiger partial charge in [0, 0.05) is 62.8 Å². The zero-order chi connectivity index (χ0) is 31.1. The molecule has 3 heterocycles. The summed E-state index contributed by atoms with van der Waals surface area (Å²) in [6.45, 7) is 8.79. The molecule has 5 rings (SSSR count). The van der Waals surface area contributed by atoms with Crippen molar-refractivity contribution in [1.82, 2.24) is 20.1 Å². The van der Waals surface area contributed by atoms with Gasteiger partial charge in [0.25, 0.3) is 0 Å². The number of carbonyl (C=O) groups excluding carboxylic acids is 1. The minimum Gasteiger partial charge on any atom is -0.481 e. The number of piperidine rings is 1. The molecule has 0 atom stereocenters. The van der Waals surface area contributed by atoms with Crippen LogP contribution >= 0.6 is 23.2 Å². The Morgan fingerprint density at radius 2 is 1.61 bits per heavy atom. The number of nitrogens with zero attached hydrogens (tertiary/aromatic N) is 4. The molecule has 0 spiro atoms. The number of pyridine rings is 1. The predicted octanol–water partition coefficient (Wildman–Crippen LogP) is 5.79. The third kappa shape index (κ3) is 9.32. The molecule has 0 saturated carbocycles. The second-order valence-corrected chi connectivity index (χ2v) is 12.5. The molecule has 0 aliphatic carbocycles. The number of amides is 1. The standard InChI is InChI=1S/C33H39Cl2N5O4/c1-23(41)36-20-24-4-7-39(8-5-24)22-25-14-26(27-16-28(34)19-29(35)17-27)18-31(15-25)44-30-2-3-32(37-21-30)40-12-10-38(11-13-40)9-6-33(42)43/h2-3,14-19,21,24H,4-13,20,22H2,1H3,(H,36,41)(H,42,43). The van der Waals surface area contributed by atoms with Gasteiger partial charge in [-0.2, -0.15) is 0 Å². The number of hydrogen-bond acceptors (Lipinski definition) is 7. The van der Waals surface area contributed by atoms with Crippen LogP contribution in [0.4, 0.5) is 5.82 Å². The number of aromatic nitrogens is 1. The van der Waals surface area contributed by atoms with Crippen molar-refractivity contribution in [2.75, 3.05) is 57.3 Å². The maximum absolute atomic E-state index is 11.3. The van der Waals surface area contributed by atoms with Gasteiger partial charge in [-0.3, -0.25) is 19.4 Å². The Hall–Kier alpha value is -3.37. The van der Waals surface area contributed by atoms with Gasteiger partial charge in [0.2, 0.25) is 5.91 Å². The molecule has 2 aromatic carbocycles. The zero-order valence-electron chi connectivity index (χ0n) is 25.0. The van der Waals surface area contributed by atoms with Crippen LogP contribution in [0, 0.1) is 5.92 Å². The van der Waals surface area contributed by atoms with Crippen molar-refractivity contribution in [3.63, 3.8) is 0 Å². The molecule has 2 aliphatic heterocycles. The summed E-state index contributed by atoms with van der Waals surface area (Å²) >= 11 is 12.7. The second-order valence-electron chi connectivity index (χ2n) is 11.6. The molecule has 2 aliphatic rings. The van der Waals surface area contributed by atoms with Crippen LogP contribution in [-0.2, 0) is 16.1 Å². The molecule has 0 bridgehead atoms. The molecule has 9 nitrogen and oxygen atoms in total. The van der Waals surface area contributed by atoms with Crippen molar-refractivity contribution in [2.45, 2.75) is 32.7 Å². The minimum atomic E-state index is -0.765. The lowest BCUT2D eigenvalue weighted by atomic mass is 9.96. The number of benzene rings is 2. The first-order valence-electron chi connectivity index (χ1n) is 15.1. The fraction of sp³-hybridized carbons (Fsp3) is 0.424. The normalized spacial score (nSPS) is 16.6. The number of piperazine rings is 1. The highest BCUT2D eigenvalue weighted by atomic mass is 35.5. The molecule has 3 aromatic rings. The molecule has 234 valence electrons. The van der Waals surface area contributed by atoms with Crippen molar-refractivity contribution >= 4 is 40.9 Å². The Labute approximate surface area is 268 Å². The largest absolute Gasteiger partial charge is 0.481 e. The number of rotatable bonds is 11. The quantitative estimate of drug-likeness (QED) is 0.272. The zero-order valence-corrected chi connectivity index (χ0v) is 26.5. The second kappa shape index (κ2) is 15.1. The minimum absolute atomic E-state index is 0.0236. The van der Waals surface area contributed by atoms with Gasteiger partial charge in [-0.15, -0.1) is 0 Å². The van der Waals surface area contributed by atoms with Crippen LogP contribution < -0.4 is 15.0 Å². The van der Waals surface area contributed by atoms with E-state index in [1.807, 2.05) is 30.3 Å². The molecule has 2 saturated heterocycles.